The van der Waals surface area contributed by atoms with Gasteiger partial charge in [-0.25, -0.2) is 4.98 Å². The molecule has 3 aromatic heterocycles. The molecule has 0 bridgehead atoms. The van der Waals surface area contributed by atoms with Crippen LogP contribution >= 0.6 is 0 Å². The van der Waals surface area contributed by atoms with Crippen LogP contribution in [0.3, 0.4) is 0 Å². The number of anilines is 4. The zero-order valence-electron chi connectivity index (χ0n) is 29.2. The molecule has 0 fully saturated rings. The lowest BCUT2D eigenvalue weighted by Gasteiger charge is -2.22. The SMILES string of the molecule is CC(C)(C)c1ccnc(-n2c3ccccc3c3ccc(Oc4cccc(N5CN(c6ccc7c(c6)oc6ccccc67)c6ccccc65)c4)cc32)c1. The molecule has 52 heavy (non-hydrogen) atoms. The summed E-state index contributed by atoms with van der Waals surface area (Å²) >= 11 is 0. The number of ether oxygens (including phenoxy) is 1. The van der Waals surface area contributed by atoms with Crippen molar-refractivity contribution in [2.45, 2.75) is 26.2 Å². The highest BCUT2D eigenvalue weighted by Gasteiger charge is 2.28. The number of furan rings is 1. The average Bonchev–Trinajstić information content (AvgIpc) is 3.84. The third-order valence-corrected chi connectivity index (χ3v) is 10.3. The molecule has 1 aliphatic rings. The van der Waals surface area contributed by atoms with Crippen molar-refractivity contribution < 1.29 is 9.15 Å². The van der Waals surface area contributed by atoms with Crippen LogP contribution in [0.1, 0.15) is 26.3 Å². The Morgan fingerprint density at radius 2 is 1.23 bits per heavy atom. The van der Waals surface area contributed by atoms with Gasteiger partial charge >= 0.3 is 0 Å². The van der Waals surface area contributed by atoms with E-state index in [9.17, 15) is 0 Å². The van der Waals surface area contributed by atoms with E-state index < -0.39 is 0 Å². The molecule has 0 saturated heterocycles. The fraction of sp³-hybridized carbons (Fsp3) is 0.109. The quantitative estimate of drug-likeness (QED) is 0.182. The van der Waals surface area contributed by atoms with Crippen molar-refractivity contribution in [3.63, 3.8) is 0 Å². The van der Waals surface area contributed by atoms with E-state index in [0.29, 0.717) is 6.67 Å². The Bertz CT molecular complexity index is 2820. The molecular weight excluding hydrogens is 641 g/mol. The Morgan fingerprint density at radius 1 is 0.558 bits per heavy atom. The van der Waals surface area contributed by atoms with Crippen LogP contribution in [-0.2, 0) is 5.41 Å². The van der Waals surface area contributed by atoms with Crippen molar-refractivity contribution in [1.29, 1.82) is 0 Å². The summed E-state index contributed by atoms with van der Waals surface area (Å²) < 4.78 is 15.2. The Balaban J connectivity index is 0.997. The van der Waals surface area contributed by atoms with E-state index in [0.717, 1.165) is 78.4 Å². The summed E-state index contributed by atoms with van der Waals surface area (Å²) in [6.07, 6.45) is 1.91. The molecule has 0 unspecified atom stereocenters. The maximum Gasteiger partial charge on any atom is 0.137 e. The standard InChI is InChI=1S/C46H36N4O2/c1-46(2,3)30-23-24-47-45(25-30)50-39-15-6-4-13-35(39)36-22-20-34(28-42(36)50)51-33-12-10-11-31(26-33)48-29-49(41-17-8-7-16-40(41)48)32-19-21-38-37-14-5-9-18-43(37)52-44(38)27-32/h4-28H,29H2,1-3H3. The summed E-state index contributed by atoms with van der Waals surface area (Å²) in [7, 11) is 0. The van der Waals surface area contributed by atoms with Gasteiger partial charge in [-0.2, -0.15) is 0 Å². The maximum atomic E-state index is 6.64. The number of benzene rings is 6. The average molecular weight is 677 g/mol. The molecule has 6 aromatic carbocycles. The molecule has 252 valence electrons. The van der Waals surface area contributed by atoms with E-state index in [4.69, 9.17) is 14.1 Å². The first-order chi connectivity index (χ1) is 25.4. The number of pyridine rings is 1. The Morgan fingerprint density at radius 3 is 2.06 bits per heavy atom. The summed E-state index contributed by atoms with van der Waals surface area (Å²) in [6.45, 7) is 7.35. The number of fused-ring (bicyclic) bond motifs is 7. The summed E-state index contributed by atoms with van der Waals surface area (Å²) in [5.41, 5.74) is 9.63. The van der Waals surface area contributed by atoms with Gasteiger partial charge in [-0.15, -0.1) is 0 Å². The molecule has 0 atom stereocenters. The van der Waals surface area contributed by atoms with Gasteiger partial charge in [-0.3, -0.25) is 4.57 Å². The van der Waals surface area contributed by atoms with Crippen molar-refractivity contribution in [1.82, 2.24) is 9.55 Å². The Labute approximate surface area is 301 Å². The highest BCUT2D eigenvalue weighted by Crippen LogP contribution is 2.46. The first-order valence-corrected chi connectivity index (χ1v) is 17.7. The molecule has 9 aromatic rings. The van der Waals surface area contributed by atoms with Crippen molar-refractivity contribution in [2.75, 3.05) is 16.5 Å². The first-order valence-electron chi connectivity index (χ1n) is 17.7. The van der Waals surface area contributed by atoms with Gasteiger partial charge in [0.05, 0.1) is 22.4 Å². The lowest BCUT2D eigenvalue weighted by molar-refractivity contribution is 0.483. The van der Waals surface area contributed by atoms with Gasteiger partial charge in [-0.05, 0) is 83.8 Å². The number of rotatable bonds is 5. The summed E-state index contributed by atoms with van der Waals surface area (Å²) in [5.74, 6) is 2.43. The monoisotopic (exact) mass is 676 g/mol. The molecule has 0 N–H and O–H groups in total. The molecule has 6 nitrogen and oxygen atoms in total. The highest BCUT2D eigenvalue weighted by molar-refractivity contribution is 6.09. The van der Waals surface area contributed by atoms with Gasteiger partial charge < -0.3 is 19.0 Å². The van der Waals surface area contributed by atoms with Gasteiger partial charge in [0, 0.05) is 57.3 Å². The van der Waals surface area contributed by atoms with Gasteiger partial charge in [0.25, 0.3) is 0 Å². The van der Waals surface area contributed by atoms with Crippen molar-refractivity contribution in [3.8, 4) is 17.3 Å². The predicted molar refractivity (Wildman–Crippen MR) is 213 cm³/mol. The number of hydrogen-bond acceptors (Lipinski definition) is 5. The molecule has 0 saturated carbocycles. The molecule has 1 aliphatic heterocycles. The molecule has 6 heteroatoms. The van der Waals surface area contributed by atoms with Crippen LogP contribution in [0.5, 0.6) is 11.5 Å². The Hall–Kier alpha value is -6.53. The van der Waals surface area contributed by atoms with Gasteiger partial charge in [0.1, 0.15) is 35.2 Å². The molecule has 0 aliphatic carbocycles. The minimum atomic E-state index is 0.00471. The maximum absolute atomic E-state index is 6.64. The molecule has 10 rings (SSSR count). The van der Waals surface area contributed by atoms with Crippen LogP contribution in [0.4, 0.5) is 22.7 Å². The number of aromatic nitrogens is 2. The Kier molecular flexibility index (Phi) is 6.70. The summed E-state index contributed by atoms with van der Waals surface area (Å²) in [5, 5.41) is 4.61. The van der Waals surface area contributed by atoms with Gasteiger partial charge in [-0.1, -0.05) is 75.4 Å². The molecule has 0 spiro atoms. The highest BCUT2D eigenvalue weighted by atomic mass is 16.5. The van der Waals surface area contributed by atoms with E-state index in [1.165, 1.54) is 10.9 Å². The summed E-state index contributed by atoms with van der Waals surface area (Å²) in [6, 6.07) is 50.8. The zero-order valence-corrected chi connectivity index (χ0v) is 29.2. The van der Waals surface area contributed by atoms with Crippen molar-refractivity contribution in [2.24, 2.45) is 0 Å². The number of nitrogens with zero attached hydrogens (tertiary/aromatic N) is 4. The summed E-state index contributed by atoms with van der Waals surface area (Å²) in [4.78, 5) is 9.52. The number of hydrogen-bond donors (Lipinski definition) is 0. The van der Waals surface area contributed by atoms with Crippen LogP contribution in [-0.4, -0.2) is 16.2 Å². The normalized spacial score (nSPS) is 13.1. The van der Waals surface area contributed by atoms with E-state index in [-0.39, 0.29) is 5.41 Å². The predicted octanol–water partition coefficient (Wildman–Crippen LogP) is 12.4. The third-order valence-electron chi connectivity index (χ3n) is 10.3. The van der Waals surface area contributed by atoms with Gasteiger partial charge in [0.15, 0.2) is 0 Å². The van der Waals surface area contributed by atoms with E-state index in [2.05, 4.69) is 163 Å². The number of para-hydroxylation sites is 4. The zero-order chi connectivity index (χ0) is 35.0. The fourth-order valence-electron chi connectivity index (χ4n) is 7.66. The van der Waals surface area contributed by atoms with E-state index in [1.807, 2.05) is 24.4 Å². The minimum Gasteiger partial charge on any atom is -0.457 e. The van der Waals surface area contributed by atoms with Gasteiger partial charge in [0.2, 0.25) is 0 Å². The largest absolute Gasteiger partial charge is 0.457 e. The van der Waals surface area contributed by atoms with E-state index in [1.54, 1.807) is 0 Å². The smallest absolute Gasteiger partial charge is 0.137 e. The molecule has 4 heterocycles. The molecular formula is C46H36N4O2. The first kappa shape index (κ1) is 30.3. The lowest BCUT2D eigenvalue weighted by atomic mass is 9.88. The molecule has 0 radical (unpaired) electrons. The second kappa shape index (κ2) is 11.5. The molecule has 0 amide bonds. The third kappa shape index (κ3) is 4.90. The van der Waals surface area contributed by atoms with Crippen LogP contribution in [0, 0.1) is 0 Å². The minimum absolute atomic E-state index is 0.00471. The van der Waals surface area contributed by atoms with Crippen LogP contribution in [0.15, 0.2) is 156 Å². The van der Waals surface area contributed by atoms with Crippen molar-refractivity contribution in [3.05, 3.63) is 157 Å². The fourth-order valence-corrected chi connectivity index (χ4v) is 7.66. The van der Waals surface area contributed by atoms with Crippen molar-refractivity contribution >= 4 is 66.5 Å². The van der Waals surface area contributed by atoms with Crippen LogP contribution in [0.25, 0.3) is 49.6 Å². The van der Waals surface area contributed by atoms with Crippen LogP contribution in [0.2, 0.25) is 0 Å². The topological polar surface area (TPSA) is 46.7 Å². The second-order valence-corrected chi connectivity index (χ2v) is 14.5. The van der Waals surface area contributed by atoms with Crippen LogP contribution < -0.4 is 14.5 Å². The second-order valence-electron chi connectivity index (χ2n) is 14.5. The van der Waals surface area contributed by atoms with E-state index >= 15 is 0 Å². The lowest BCUT2D eigenvalue weighted by Crippen LogP contribution is -2.23.